The van der Waals surface area contributed by atoms with Crippen LogP contribution in [0.4, 0.5) is 4.79 Å². The fraction of sp³-hybridized carbons (Fsp3) is 0.423. The highest BCUT2D eigenvalue weighted by atomic mass is 16.6. The molecule has 3 N–H and O–H groups in total. The number of ether oxygens (including phenoxy) is 2. The van der Waals surface area contributed by atoms with Gasteiger partial charge in [0.25, 0.3) is 0 Å². The Morgan fingerprint density at radius 2 is 1.41 bits per heavy atom. The maximum Gasteiger partial charge on any atom is 0.407 e. The van der Waals surface area contributed by atoms with E-state index < -0.39 is 41.8 Å². The molecule has 2 rings (SSSR count). The van der Waals surface area contributed by atoms with Gasteiger partial charge < -0.3 is 25.2 Å². The van der Waals surface area contributed by atoms with Crippen LogP contribution in [0, 0.1) is 0 Å². The molecule has 0 bridgehead atoms. The number of hydrogen-bond donors (Lipinski definition) is 3. The average Bonchev–Trinajstić information content (AvgIpc) is 2.77. The van der Waals surface area contributed by atoms with Crippen LogP contribution in [-0.2, 0) is 31.9 Å². The molecule has 2 aromatic rings. The average molecular weight is 471 g/mol. The minimum Gasteiger partial charge on any atom is -0.467 e. The third-order valence-electron chi connectivity index (χ3n) is 4.96. The number of amides is 2. The van der Waals surface area contributed by atoms with E-state index in [1.54, 1.807) is 20.8 Å². The van der Waals surface area contributed by atoms with Gasteiger partial charge in [0, 0.05) is 6.42 Å². The van der Waals surface area contributed by atoms with Crippen LogP contribution in [0.2, 0.25) is 0 Å². The Bertz CT molecular complexity index is 927. The fourth-order valence-corrected chi connectivity index (χ4v) is 3.38. The predicted molar refractivity (Wildman–Crippen MR) is 128 cm³/mol. The molecule has 184 valence electrons. The molecule has 0 aromatic heterocycles. The van der Waals surface area contributed by atoms with Crippen molar-refractivity contribution in [2.75, 3.05) is 7.11 Å². The fourth-order valence-electron chi connectivity index (χ4n) is 3.38. The minimum absolute atomic E-state index is 0.249. The van der Waals surface area contributed by atoms with E-state index in [1.807, 2.05) is 60.7 Å². The zero-order valence-electron chi connectivity index (χ0n) is 20.1. The first-order valence-electron chi connectivity index (χ1n) is 11.2. The summed E-state index contributed by atoms with van der Waals surface area (Å²) in [7, 11) is 1.25. The molecule has 8 heteroatoms. The Hall–Kier alpha value is -3.39. The van der Waals surface area contributed by atoms with Gasteiger partial charge in [-0.15, -0.1) is 0 Å². The topological polar surface area (TPSA) is 114 Å². The number of carbonyl (C=O) groups excluding carboxylic acids is 3. The van der Waals surface area contributed by atoms with E-state index >= 15 is 0 Å². The zero-order valence-corrected chi connectivity index (χ0v) is 20.1. The quantitative estimate of drug-likeness (QED) is 0.460. The van der Waals surface area contributed by atoms with Crippen LogP contribution in [-0.4, -0.2) is 54.0 Å². The number of aliphatic hydroxyl groups is 1. The first-order valence-corrected chi connectivity index (χ1v) is 11.2. The van der Waals surface area contributed by atoms with Crippen LogP contribution in [0.1, 0.15) is 38.3 Å². The van der Waals surface area contributed by atoms with E-state index in [1.165, 1.54) is 7.11 Å². The normalized spacial score (nSPS) is 13.8. The summed E-state index contributed by atoms with van der Waals surface area (Å²) in [6.07, 6.45) is -1.69. The summed E-state index contributed by atoms with van der Waals surface area (Å²) >= 11 is 0. The van der Waals surface area contributed by atoms with Gasteiger partial charge in [0.15, 0.2) is 0 Å². The number of benzene rings is 2. The third kappa shape index (κ3) is 9.62. The van der Waals surface area contributed by atoms with Gasteiger partial charge in [-0.2, -0.15) is 0 Å². The maximum absolute atomic E-state index is 12.7. The lowest BCUT2D eigenvalue weighted by molar-refractivity contribution is -0.145. The molecule has 0 aliphatic carbocycles. The second kappa shape index (κ2) is 12.7. The molecule has 3 atom stereocenters. The van der Waals surface area contributed by atoms with Crippen LogP contribution >= 0.6 is 0 Å². The van der Waals surface area contributed by atoms with Gasteiger partial charge in [-0.25, -0.2) is 9.59 Å². The Kier molecular flexibility index (Phi) is 10.1. The monoisotopic (exact) mass is 470 g/mol. The van der Waals surface area contributed by atoms with Gasteiger partial charge in [0.2, 0.25) is 5.91 Å². The summed E-state index contributed by atoms with van der Waals surface area (Å²) in [6, 6.07) is 16.8. The van der Waals surface area contributed by atoms with Crippen LogP contribution in [0.25, 0.3) is 0 Å². The Morgan fingerprint density at radius 1 is 0.882 bits per heavy atom. The summed E-state index contributed by atoms with van der Waals surface area (Å²) in [5.74, 6) is -1.12. The third-order valence-corrected chi connectivity index (χ3v) is 4.96. The molecule has 0 aliphatic rings. The van der Waals surface area contributed by atoms with Gasteiger partial charge in [0.1, 0.15) is 11.6 Å². The van der Waals surface area contributed by atoms with Crippen molar-refractivity contribution in [1.82, 2.24) is 10.6 Å². The largest absolute Gasteiger partial charge is 0.467 e. The van der Waals surface area contributed by atoms with Crippen molar-refractivity contribution in [3.8, 4) is 0 Å². The van der Waals surface area contributed by atoms with Crippen molar-refractivity contribution in [1.29, 1.82) is 0 Å². The van der Waals surface area contributed by atoms with E-state index in [0.29, 0.717) is 6.42 Å². The molecule has 34 heavy (non-hydrogen) atoms. The summed E-state index contributed by atoms with van der Waals surface area (Å²) in [4.78, 5) is 37.3. The lowest BCUT2D eigenvalue weighted by Crippen LogP contribution is -2.49. The van der Waals surface area contributed by atoms with Crippen molar-refractivity contribution in [3.63, 3.8) is 0 Å². The van der Waals surface area contributed by atoms with Gasteiger partial charge in [0.05, 0.1) is 25.7 Å². The molecule has 0 fully saturated rings. The molecule has 0 saturated carbocycles. The van der Waals surface area contributed by atoms with Crippen molar-refractivity contribution in [2.45, 2.75) is 63.8 Å². The molecule has 0 radical (unpaired) electrons. The molecule has 2 amide bonds. The second-order valence-electron chi connectivity index (χ2n) is 9.05. The van der Waals surface area contributed by atoms with Crippen LogP contribution in [0.3, 0.4) is 0 Å². The number of aliphatic hydroxyl groups excluding tert-OH is 1. The molecule has 0 aliphatic heterocycles. The smallest absolute Gasteiger partial charge is 0.407 e. The van der Waals surface area contributed by atoms with Crippen molar-refractivity contribution in [2.24, 2.45) is 0 Å². The Balaban J connectivity index is 2.08. The number of hydrogen-bond acceptors (Lipinski definition) is 6. The number of methoxy groups -OCH3 is 1. The van der Waals surface area contributed by atoms with E-state index in [4.69, 9.17) is 9.47 Å². The standard InChI is InChI=1S/C26H34N2O6/c1-26(2,3)34-25(32)28-20(15-18-11-7-5-8-12-18)22(29)17-23(30)27-21(24(31)33-4)16-19-13-9-6-10-14-19/h5-14,20-22,29H,15-17H2,1-4H3,(H,27,30)(H,28,32)/t20-,21-,22-/m0/s1. The zero-order chi connectivity index (χ0) is 25.1. The lowest BCUT2D eigenvalue weighted by atomic mass is 9.98. The van der Waals surface area contributed by atoms with Crippen LogP contribution < -0.4 is 10.6 Å². The highest BCUT2D eigenvalue weighted by molar-refractivity contribution is 5.85. The predicted octanol–water partition coefficient (Wildman–Crippen LogP) is 2.77. The van der Waals surface area contributed by atoms with Crippen LogP contribution in [0.5, 0.6) is 0 Å². The summed E-state index contributed by atoms with van der Waals surface area (Å²) in [5.41, 5.74) is 1.02. The number of alkyl carbamates (subject to hydrolysis) is 1. The van der Waals surface area contributed by atoms with Crippen molar-refractivity contribution < 1.29 is 29.0 Å². The molecule has 0 spiro atoms. The minimum atomic E-state index is -1.22. The van der Waals surface area contributed by atoms with Gasteiger partial charge >= 0.3 is 12.1 Å². The van der Waals surface area contributed by atoms with E-state index in [-0.39, 0.29) is 12.8 Å². The number of esters is 1. The maximum atomic E-state index is 12.7. The van der Waals surface area contributed by atoms with Gasteiger partial charge in [-0.3, -0.25) is 4.79 Å². The number of nitrogens with one attached hydrogen (secondary N) is 2. The Labute approximate surface area is 200 Å². The summed E-state index contributed by atoms with van der Waals surface area (Å²) in [6.45, 7) is 5.22. The SMILES string of the molecule is COC(=O)[C@H](Cc1ccccc1)NC(=O)C[C@H](O)[C@H](Cc1ccccc1)NC(=O)OC(C)(C)C. The first kappa shape index (κ1) is 26.9. The van der Waals surface area contributed by atoms with Gasteiger partial charge in [-0.1, -0.05) is 60.7 Å². The van der Waals surface area contributed by atoms with E-state index in [2.05, 4.69) is 10.6 Å². The number of rotatable bonds is 10. The van der Waals surface area contributed by atoms with Crippen LogP contribution in [0.15, 0.2) is 60.7 Å². The molecule has 0 heterocycles. The summed E-state index contributed by atoms with van der Waals surface area (Å²) in [5, 5.41) is 16.2. The highest BCUT2D eigenvalue weighted by Crippen LogP contribution is 2.12. The van der Waals surface area contributed by atoms with E-state index in [9.17, 15) is 19.5 Å². The first-order chi connectivity index (χ1) is 16.1. The van der Waals surface area contributed by atoms with Gasteiger partial charge in [-0.05, 0) is 38.3 Å². The molecular formula is C26H34N2O6. The molecule has 0 saturated heterocycles. The molecular weight excluding hydrogens is 436 g/mol. The van der Waals surface area contributed by atoms with E-state index in [0.717, 1.165) is 11.1 Å². The lowest BCUT2D eigenvalue weighted by Gasteiger charge is -2.27. The Morgan fingerprint density at radius 3 is 1.91 bits per heavy atom. The van der Waals surface area contributed by atoms with Crippen molar-refractivity contribution >= 4 is 18.0 Å². The number of carbonyl (C=O) groups is 3. The molecule has 0 unspecified atom stereocenters. The highest BCUT2D eigenvalue weighted by Gasteiger charge is 2.29. The summed E-state index contributed by atoms with van der Waals surface area (Å²) < 4.78 is 10.1. The second-order valence-corrected chi connectivity index (χ2v) is 9.05. The molecule has 2 aromatic carbocycles. The molecule has 8 nitrogen and oxygen atoms in total. The van der Waals surface area contributed by atoms with Crippen molar-refractivity contribution in [3.05, 3.63) is 71.8 Å².